The second-order valence-electron chi connectivity index (χ2n) is 16.2. The van der Waals surface area contributed by atoms with Crippen molar-refractivity contribution in [3.8, 4) is 0 Å². The number of hydrogen-bond acceptors (Lipinski definition) is 4. The van der Waals surface area contributed by atoms with Crippen molar-refractivity contribution in [1.29, 1.82) is 0 Å². The Balaban J connectivity index is 1.59. The molecular weight excluding hydrogens is 548 g/mol. The van der Waals surface area contributed by atoms with Crippen LogP contribution in [0.1, 0.15) is 118 Å². The van der Waals surface area contributed by atoms with Gasteiger partial charge < -0.3 is 20.0 Å². The van der Waals surface area contributed by atoms with E-state index in [1.165, 1.54) is 78.3 Å². The van der Waals surface area contributed by atoms with Gasteiger partial charge in [-0.25, -0.2) is 0 Å². The van der Waals surface area contributed by atoms with Crippen LogP contribution in [0.3, 0.4) is 0 Å². The molecule has 1 aromatic rings. The van der Waals surface area contributed by atoms with Gasteiger partial charge in [-0.3, -0.25) is 0 Å². The third kappa shape index (κ3) is 9.69. The molecule has 0 amide bonds. The van der Waals surface area contributed by atoms with Crippen LogP contribution in [0.25, 0.3) is 0 Å². The van der Waals surface area contributed by atoms with Crippen LogP contribution in [0, 0.1) is 23.2 Å². The molecule has 45 heavy (non-hydrogen) atoms. The van der Waals surface area contributed by atoms with Crippen molar-refractivity contribution in [2.24, 2.45) is 23.2 Å². The second-order valence-corrected chi connectivity index (χ2v) is 16.2. The summed E-state index contributed by atoms with van der Waals surface area (Å²) < 4.78 is 0. The number of anilines is 2. The maximum atomic E-state index is 4.88. The normalized spacial score (nSPS) is 21.0. The number of nitrogens with one attached hydrogen (secondary N) is 1. The molecule has 2 heterocycles. The van der Waals surface area contributed by atoms with Crippen molar-refractivity contribution in [1.82, 2.24) is 10.2 Å². The lowest BCUT2D eigenvalue weighted by atomic mass is 9.83. The Hall–Kier alpha value is -2.62. The molecule has 0 aromatic heterocycles. The summed E-state index contributed by atoms with van der Waals surface area (Å²) in [6.07, 6.45) is 12.9. The first-order chi connectivity index (χ1) is 21.3. The average Bonchev–Trinajstić information content (AvgIpc) is 3.80. The van der Waals surface area contributed by atoms with Crippen molar-refractivity contribution in [2.45, 2.75) is 131 Å². The van der Waals surface area contributed by atoms with Gasteiger partial charge >= 0.3 is 0 Å². The lowest BCUT2D eigenvalue weighted by molar-refractivity contribution is 0.173. The highest BCUT2D eigenvalue weighted by Crippen LogP contribution is 2.44. The topological polar surface area (TPSA) is 21.8 Å². The van der Waals surface area contributed by atoms with Gasteiger partial charge in [0, 0.05) is 77.7 Å². The Labute approximate surface area is 277 Å². The van der Waals surface area contributed by atoms with E-state index in [1.807, 2.05) is 0 Å². The van der Waals surface area contributed by atoms with Gasteiger partial charge in [0.15, 0.2) is 0 Å². The number of unbranched alkanes of at least 4 members (excludes halogenated alkanes) is 3. The van der Waals surface area contributed by atoms with Crippen LogP contribution < -0.4 is 15.1 Å². The summed E-state index contributed by atoms with van der Waals surface area (Å²) >= 11 is 0. The molecule has 2 fully saturated rings. The second kappa shape index (κ2) is 15.3. The predicted molar refractivity (Wildman–Crippen MR) is 198 cm³/mol. The largest absolute Gasteiger partial charge is 0.386 e. The Kier molecular flexibility index (Phi) is 12.0. The molecule has 1 N–H and O–H groups in total. The molecule has 0 spiro atoms. The van der Waals surface area contributed by atoms with E-state index < -0.39 is 0 Å². The summed E-state index contributed by atoms with van der Waals surface area (Å²) in [4.78, 5) is 7.70. The molecule has 1 aliphatic carbocycles. The molecular formula is C41H66N4. The molecule has 3 atom stereocenters. The third-order valence-electron chi connectivity index (χ3n) is 10.0. The van der Waals surface area contributed by atoms with Crippen molar-refractivity contribution >= 4 is 11.4 Å². The van der Waals surface area contributed by atoms with Crippen LogP contribution in [-0.4, -0.2) is 36.6 Å². The molecule has 0 radical (unpaired) electrons. The number of rotatable bonds is 16. The van der Waals surface area contributed by atoms with Crippen LogP contribution in [0.2, 0.25) is 0 Å². The molecule has 1 saturated heterocycles. The first-order valence-electron chi connectivity index (χ1n) is 18.2. The highest BCUT2D eigenvalue weighted by Gasteiger charge is 2.38. The van der Waals surface area contributed by atoms with Gasteiger partial charge in [-0.1, -0.05) is 93.2 Å². The van der Waals surface area contributed by atoms with Crippen LogP contribution in [-0.2, 0) is 6.42 Å². The van der Waals surface area contributed by atoms with Crippen LogP contribution in [0.4, 0.5) is 11.4 Å². The molecule has 3 aliphatic rings. The summed E-state index contributed by atoms with van der Waals surface area (Å²) in [6, 6.07) is 8.19. The van der Waals surface area contributed by atoms with Gasteiger partial charge in [0.2, 0.25) is 0 Å². The van der Waals surface area contributed by atoms with Gasteiger partial charge in [0.1, 0.15) is 0 Å². The van der Waals surface area contributed by atoms with Gasteiger partial charge in [0.05, 0.1) is 0 Å². The number of allylic oxidation sites excluding steroid dienone is 2. The zero-order valence-corrected chi connectivity index (χ0v) is 30.2. The van der Waals surface area contributed by atoms with Crippen molar-refractivity contribution < 1.29 is 0 Å². The quantitative estimate of drug-likeness (QED) is 0.187. The zero-order chi connectivity index (χ0) is 32.9. The molecule has 1 saturated carbocycles. The van der Waals surface area contributed by atoms with E-state index in [2.05, 4.69) is 106 Å². The summed E-state index contributed by atoms with van der Waals surface area (Å²) in [5.74, 6) is 1.37. The average molecular weight is 615 g/mol. The monoisotopic (exact) mass is 615 g/mol. The Bertz CT molecular complexity index is 1200. The highest BCUT2D eigenvalue weighted by molar-refractivity contribution is 5.69. The van der Waals surface area contributed by atoms with Gasteiger partial charge in [-0.2, -0.15) is 0 Å². The van der Waals surface area contributed by atoms with Gasteiger partial charge in [0.25, 0.3) is 0 Å². The van der Waals surface area contributed by atoms with Crippen molar-refractivity contribution in [3.05, 3.63) is 72.9 Å². The molecule has 0 bridgehead atoms. The fourth-order valence-electron chi connectivity index (χ4n) is 7.64. The predicted octanol–water partition coefficient (Wildman–Crippen LogP) is 10.4. The SMILES string of the molecule is C=C(NC(C)CC(C)C)[C@H]1C[C@@H](C(=C)N(c2ccc3c(c2)N(CCCCCC)C(=C)CC3)C2CC2)CN(C(=C)CC(C)(C)C)C1. The Morgan fingerprint density at radius 2 is 1.71 bits per heavy atom. The van der Waals surface area contributed by atoms with E-state index in [-0.39, 0.29) is 5.41 Å². The molecule has 2 aliphatic heterocycles. The third-order valence-corrected chi connectivity index (χ3v) is 10.0. The summed E-state index contributed by atoms with van der Waals surface area (Å²) in [7, 11) is 0. The molecule has 4 heteroatoms. The van der Waals surface area contributed by atoms with E-state index in [0.29, 0.717) is 29.8 Å². The number of nitrogens with zero attached hydrogens (tertiary/aromatic N) is 3. The van der Waals surface area contributed by atoms with Crippen LogP contribution in [0.5, 0.6) is 0 Å². The maximum Gasteiger partial charge on any atom is 0.0461 e. The van der Waals surface area contributed by atoms with E-state index >= 15 is 0 Å². The van der Waals surface area contributed by atoms with E-state index in [1.54, 1.807) is 0 Å². The fourth-order valence-corrected chi connectivity index (χ4v) is 7.64. The first kappa shape index (κ1) is 35.2. The summed E-state index contributed by atoms with van der Waals surface area (Å²) in [6.45, 7) is 37.8. The van der Waals surface area contributed by atoms with Crippen LogP contribution >= 0.6 is 0 Å². The standard InChI is InChI=1S/C41H66N4/c1-12-13-14-15-22-44-31(5)16-17-35-18-19-39(25-40(35)44)45(38-20-21-38)34(8)37-24-36(33(7)42-30(4)23-29(2)3)27-43(28-37)32(6)26-41(9,10)11/h18-19,25,29-30,36-38,42H,5-8,12-17,20-24,26-28H2,1-4,9-11H3/t30?,36-,37+/m0/s1. The first-order valence-corrected chi connectivity index (χ1v) is 18.2. The number of piperidine rings is 1. The van der Waals surface area contributed by atoms with Crippen LogP contribution in [0.15, 0.2) is 67.3 Å². The minimum Gasteiger partial charge on any atom is -0.386 e. The van der Waals surface area contributed by atoms with Crippen molar-refractivity contribution in [2.75, 3.05) is 29.4 Å². The van der Waals surface area contributed by atoms with Gasteiger partial charge in [-0.15, -0.1) is 0 Å². The molecule has 1 aromatic carbocycles. The lowest BCUT2D eigenvalue weighted by Gasteiger charge is -2.45. The lowest BCUT2D eigenvalue weighted by Crippen LogP contribution is -2.46. The number of fused-ring (bicyclic) bond motifs is 1. The summed E-state index contributed by atoms with van der Waals surface area (Å²) in [5.41, 5.74) is 9.30. The molecule has 4 rings (SSSR count). The van der Waals surface area contributed by atoms with E-state index in [4.69, 9.17) is 6.58 Å². The van der Waals surface area contributed by atoms with E-state index in [0.717, 1.165) is 51.7 Å². The number of likely N-dealkylation sites (tertiary alicyclic amines) is 1. The van der Waals surface area contributed by atoms with Crippen molar-refractivity contribution in [3.63, 3.8) is 0 Å². The van der Waals surface area contributed by atoms with Gasteiger partial charge in [-0.05, 0) is 87.3 Å². The minimum absolute atomic E-state index is 0.202. The molecule has 1 unspecified atom stereocenters. The minimum atomic E-state index is 0.202. The number of benzene rings is 1. The fraction of sp³-hybridized carbons (Fsp3) is 0.659. The number of hydrogen-bond donors (Lipinski definition) is 1. The zero-order valence-electron chi connectivity index (χ0n) is 30.2. The summed E-state index contributed by atoms with van der Waals surface area (Å²) in [5, 5.41) is 3.80. The Morgan fingerprint density at radius 1 is 1.00 bits per heavy atom. The highest BCUT2D eigenvalue weighted by atomic mass is 15.2. The van der Waals surface area contributed by atoms with E-state index in [9.17, 15) is 0 Å². The number of aryl methyl sites for hydroxylation is 1. The smallest absolute Gasteiger partial charge is 0.0461 e. The molecule has 4 nitrogen and oxygen atoms in total. The maximum absolute atomic E-state index is 4.88. The molecule has 250 valence electrons. The Morgan fingerprint density at radius 3 is 2.36 bits per heavy atom.